The molecular weight excluding hydrogens is 422 g/mol. The number of amides is 2. The van der Waals surface area contributed by atoms with E-state index in [4.69, 9.17) is 23.1 Å². The van der Waals surface area contributed by atoms with E-state index in [0.717, 1.165) is 32.1 Å². The molecule has 1 aromatic carbocycles. The quantitative estimate of drug-likeness (QED) is 0.375. The first-order chi connectivity index (χ1) is 14.7. The highest BCUT2D eigenvalue weighted by Gasteiger charge is 2.27. The van der Waals surface area contributed by atoms with Gasteiger partial charge < -0.3 is 27.4 Å². The molecule has 2 aromatic rings. The van der Waals surface area contributed by atoms with Crippen LogP contribution in [0.25, 0.3) is 0 Å². The summed E-state index contributed by atoms with van der Waals surface area (Å²) >= 11 is 6.18. The minimum atomic E-state index is -0.932. The number of carbonyl (C=O) groups is 2. The van der Waals surface area contributed by atoms with Gasteiger partial charge >= 0.3 is 0 Å². The Morgan fingerprint density at radius 1 is 1.26 bits per heavy atom. The number of hydrogen-bond donors (Lipinski definition) is 6. The molecule has 10 nitrogen and oxygen atoms in total. The van der Waals surface area contributed by atoms with Crippen molar-refractivity contribution in [3.8, 4) is 0 Å². The van der Waals surface area contributed by atoms with E-state index in [1.165, 1.54) is 19.2 Å². The fraction of sp³-hybridized carbons (Fsp3) is 0.400. The first kappa shape index (κ1) is 22.6. The molecule has 166 valence electrons. The van der Waals surface area contributed by atoms with Gasteiger partial charge in [-0.3, -0.25) is 19.4 Å². The second-order valence-electron chi connectivity index (χ2n) is 7.68. The number of aromatic nitrogens is 2. The second kappa shape index (κ2) is 9.36. The number of primary amides is 1. The molecule has 8 N–H and O–H groups in total. The number of aromatic amines is 1. The smallest absolute Gasteiger partial charge is 0.267 e. The molecule has 11 heteroatoms. The first-order valence-corrected chi connectivity index (χ1v) is 10.4. The number of carbonyl (C=O) groups excluding carboxylic acids is 2. The SMILES string of the molecule is CNC(=O)c1ccc(Nc2nc(NCC3(N)CCCCC3)[nH]c(=O)c2C(N)=O)cc1Cl. The van der Waals surface area contributed by atoms with Gasteiger partial charge in [0.2, 0.25) is 5.95 Å². The van der Waals surface area contributed by atoms with Gasteiger partial charge in [0.05, 0.1) is 10.6 Å². The van der Waals surface area contributed by atoms with Crippen LogP contribution in [0, 0.1) is 0 Å². The molecule has 31 heavy (non-hydrogen) atoms. The van der Waals surface area contributed by atoms with Crippen molar-refractivity contribution in [2.75, 3.05) is 24.2 Å². The number of H-pyrrole nitrogens is 1. The Hall–Kier alpha value is -3.11. The van der Waals surface area contributed by atoms with E-state index in [1.54, 1.807) is 6.07 Å². The molecular formula is C20H26ClN7O3. The van der Waals surface area contributed by atoms with Crippen molar-refractivity contribution in [3.05, 3.63) is 44.7 Å². The van der Waals surface area contributed by atoms with E-state index in [1.807, 2.05) is 0 Å². The van der Waals surface area contributed by atoms with Crippen molar-refractivity contribution in [1.29, 1.82) is 0 Å². The standard InChI is InChI=1S/C20H26ClN7O3/c1-24-17(30)12-6-5-11(9-13(12)21)26-16-14(15(22)29)18(31)28-19(27-16)25-10-20(23)7-3-2-4-8-20/h5-6,9H,2-4,7-8,10,23H2,1H3,(H2,22,29)(H,24,30)(H3,25,26,27,28,31). The van der Waals surface area contributed by atoms with E-state index in [-0.39, 0.29) is 39.4 Å². The normalized spacial score (nSPS) is 15.2. The van der Waals surface area contributed by atoms with Crippen molar-refractivity contribution in [3.63, 3.8) is 0 Å². The maximum absolute atomic E-state index is 12.5. The zero-order valence-electron chi connectivity index (χ0n) is 17.2. The number of nitrogens with one attached hydrogen (secondary N) is 4. The van der Waals surface area contributed by atoms with Crippen molar-refractivity contribution < 1.29 is 9.59 Å². The Labute approximate surface area is 184 Å². The second-order valence-corrected chi connectivity index (χ2v) is 8.08. The molecule has 2 amide bonds. The predicted octanol–water partition coefficient (Wildman–Crippen LogP) is 1.70. The molecule has 0 aliphatic heterocycles. The minimum absolute atomic E-state index is 0.0303. The molecule has 3 rings (SSSR count). The largest absolute Gasteiger partial charge is 0.365 e. The highest BCUT2D eigenvalue weighted by Crippen LogP contribution is 2.27. The molecule has 1 aromatic heterocycles. The lowest BCUT2D eigenvalue weighted by atomic mass is 9.82. The van der Waals surface area contributed by atoms with Crippen LogP contribution in [0.5, 0.6) is 0 Å². The molecule has 1 aliphatic carbocycles. The maximum Gasteiger partial charge on any atom is 0.267 e. The molecule has 0 bridgehead atoms. The minimum Gasteiger partial charge on any atom is -0.365 e. The summed E-state index contributed by atoms with van der Waals surface area (Å²) in [6.45, 7) is 0.429. The molecule has 0 unspecified atom stereocenters. The van der Waals surface area contributed by atoms with Crippen LogP contribution in [0.2, 0.25) is 5.02 Å². The summed E-state index contributed by atoms with van der Waals surface area (Å²) in [5, 5.41) is 8.64. The molecule has 0 radical (unpaired) electrons. The third kappa shape index (κ3) is 5.33. The average molecular weight is 448 g/mol. The Morgan fingerprint density at radius 2 is 1.97 bits per heavy atom. The van der Waals surface area contributed by atoms with Crippen molar-refractivity contribution in [1.82, 2.24) is 15.3 Å². The fourth-order valence-electron chi connectivity index (χ4n) is 3.62. The Bertz CT molecular complexity index is 1050. The third-order valence-electron chi connectivity index (χ3n) is 5.33. The van der Waals surface area contributed by atoms with Gasteiger partial charge in [0.25, 0.3) is 17.4 Å². The lowest BCUT2D eigenvalue weighted by molar-refractivity contribution is 0.0961. The number of benzene rings is 1. The zero-order chi connectivity index (χ0) is 22.6. The monoisotopic (exact) mass is 447 g/mol. The topological polar surface area (TPSA) is 168 Å². The van der Waals surface area contributed by atoms with Crippen molar-refractivity contribution in [2.24, 2.45) is 11.5 Å². The van der Waals surface area contributed by atoms with Crippen LogP contribution >= 0.6 is 11.6 Å². The summed E-state index contributed by atoms with van der Waals surface area (Å²) in [5.74, 6) is -1.13. The number of hydrogen-bond acceptors (Lipinski definition) is 7. The zero-order valence-corrected chi connectivity index (χ0v) is 17.9. The summed E-state index contributed by atoms with van der Waals surface area (Å²) in [7, 11) is 1.50. The first-order valence-electron chi connectivity index (χ1n) is 9.98. The van der Waals surface area contributed by atoms with Crippen LogP contribution in [0.1, 0.15) is 52.8 Å². The molecule has 0 saturated heterocycles. The van der Waals surface area contributed by atoms with E-state index < -0.39 is 11.5 Å². The summed E-state index contributed by atoms with van der Waals surface area (Å²) in [5.41, 5.74) is 11.1. The summed E-state index contributed by atoms with van der Waals surface area (Å²) < 4.78 is 0. The van der Waals surface area contributed by atoms with Gasteiger partial charge in [-0.25, -0.2) is 0 Å². The predicted molar refractivity (Wildman–Crippen MR) is 120 cm³/mol. The van der Waals surface area contributed by atoms with Crippen LogP contribution in [0.4, 0.5) is 17.5 Å². The van der Waals surface area contributed by atoms with Crippen LogP contribution in [0.3, 0.4) is 0 Å². The van der Waals surface area contributed by atoms with E-state index in [2.05, 4.69) is 25.9 Å². The molecule has 1 saturated carbocycles. The Kier molecular flexibility index (Phi) is 6.81. The van der Waals surface area contributed by atoms with Crippen LogP contribution in [-0.4, -0.2) is 40.9 Å². The van der Waals surface area contributed by atoms with Gasteiger partial charge in [-0.05, 0) is 31.0 Å². The Balaban J connectivity index is 1.87. The van der Waals surface area contributed by atoms with E-state index in [9.17, 15) is 14.4 Å². The van der Waals surface area contributed by atoms with Crippen LogP contribution in [-0.2, 0) is 0 Å². The highest BCUT2D eigenvalue weighted by atomic mass is 35.5. The lowest BCUT2D eigenvalue weighted by Gasteiger charge is -2.33. The molecule has 1 heterocycles. The number of halogens is 1. The van der Waals surface area contributed by atoms with Crippen LogP contribution < -0.4 is 33.0 Å². The third-order valence-corrected chi connectivity index (χ3v) is 5.64. The molecule has 0 spiro atoms. The van der Waals surface area contributed by atoms with Crippen molar-refractivity contribution in [2.45, 2.75) is 37.6 Å². The lowest BCUT2D eigenvalue weighted by Crippen LogP contribution is -2.48. The summed E-state index contributed by atoms with van der Waals surface area (Å²) in [4.78, 5) is 43.0. The van der Waals surface area contributed by atoms with Gasteiger partial charge in [-0.1, -0.05) is 30.9 Å². The Morgan fingerprint density at radius 3 is 2.58 bits per heavy atom. The fourth-order valence-corrected chi connectivity index (χ4v) is 3.88. The van der Waals surface area contributed by atoms with Gasteiger partial charge in [-0.2, -0.15) is 4.98 Å². The number of rotatable bonds is 7. The number of nitrogens with two attached hydrogens (primary N) is 2. The van der Waals surface area contributed by atoms with Crippen LogP contribution in [0.15, 0.2) is 23.0 Å². The number of nitrogens with zero attached hydrogens (tertiary/aromatic N) is 1. The number of anilines is 3. The van der Waals surface area contributed by atoms with E-state index in [0.29, 0.717) is 12.2 Å². The van der Waals surface area contributed by atoms with Gasteiger partial charge in [0.15, 0.2) is 5.82 Å². The van der Waals surface area contributed by atoms with Gasteiger partial charge in [0, 0.05) is 24.8 Å². The summed E-state index contributed by atoms with van der Waals surface area (Å²) in [6, 6.07) is 4.58. The molecule has 0 atom stereocenters. The molecule has 1 aliphatic rings. The van der Waals surface area contributed by atoms with Gasteiger partial charge in [0.1, 0.15) is 5.56 Å². The maximum atomic E-state index is 12.5. The van der Waals surface area contributed by atoms with E-state index >= 15 is 0 Å². The molecule has 1 fully saturated rings. The highest BCUT2D eigenvalue weighted by molar-refractivity contribution is 6.34. The van der Waals surface area contributed by atoms with Gasteiger partial charge in [-0.15, -0.1) is 0 Å². The average Bonchev–Trinajstić information content (AvgIpc) is 2.72. The van der Waals surface area contributed by atoms with Crippen molar-refractivity contribution >= 4 is 40.9 Å². The summed E-state index contributed by atoms with van der Waals surface area (Å²) in [6.07, 6.45) is 5.04.